The molecule has 1 aromatic carbocycles. The van der Waals surface area contributed by atoms with Gasteiger partial charge in [-0.1, -0.05) is 30.3 Å². The highest BCUT2D eigenvalue weighted by Gasteiger charge is 2.39. The van der Waals surface area contributed by atoms with Crippen molar-refractivity contribution in [2.45, 2.75) is 19.5 Å². The fraction of sp³-hybridized carbons (Fsp3) is 0.417. The summed E-state index contributed by atoms with van der Waals surface area (Å²) >= 11 is 0. The first kappa shape index (κ1) is 10.2. The number of hydrogen-bond acceptors (Lipinski definition) is 2. The second-order valence-corrected chi connectivity index (χ2v) is 4.10. The van der Waals surface area contributed by atoms with Crippen LogP contribution in [0.5, 0.6) is 0 Å². The SMILES string of the molecule is CC1C(C(=O)O)CN1Cc1ccccc1. The Kier molecular flexibility index (Phi) is 2.73. The highest BCUT2D eigenvalue weighted by Crippen LogP contribution is 2.26. The van der Waals surface area contributed by atoms with Crippen LogP contribution in [-0.4, -0.2) is 28.6 Å². The molecule has 1 saturated heterocycles. The fourth-order valence-electron chi connectivity index (χ4n) is 2.00. The Hall–Kier alpha value is -1.35. The minimum atomic E-state index is -0.674. The van der Waals surface area contributed by atoms with Crippen molar-refractivity contribution in [1.29, 1.82) is 0 Å². The highest BCUT2D eigenvalue weighted by molar-refractivity contribution is 5.72. The normalized spacial score (nSPS) is 25.9. The van der Waals surface area contributed by atoms with Crippen LogP contribution in [0.2, 0.25) is 0 Å². The van der Waals surface area contributed by atoms with Gasteiger partial charge in [-0.05, 0) is 12.5 Å². The highest BCUT2D eigenvalue weighted by atomic mass is 16.4. The number of carboxylic acids is 1. The van der Waals surface area contributed by atoms with E-state index in [0.717, 1.165) is 6.54 Å². The van der Waals surface area contributed by atoms with E-state index in [0.29, 0.717) is 6.54 Å². The molecular weight excluding hydrogens is 190 g/mol. The van der Waals surface area contributed by atoms with Gasteiger partial charge in [-0.3, -0.25) is 9.69 Å². The molecule has 0 radical (unpaired) electrons. The number of carboxylic acid groups (broad SMARTS) is 1. The predicted molar refractivity (Wildman–Crippen MR) is 57.4 cm³/mol. The van der Waals surface area contributed by atoms with Crippen LogP contribution in [0.1, 0.15) is 12.5 Å². The van der Waals surface area contributed by atoms with Crippen molar-refractivity contribution in [3.05, 3.63) is 35.9 Å². The maximum absolute atomic E-state index is 10.8. The Morgan fingerprint density at radius 3 is 2.67 bits per heavy atom. The number of nitrogens with zero attached hydrogens (tertiary/aromatic N) is 1. The fourth-order valence-corrected chi connectivity index (χ4v) is 2.00. The molecule has 1 aliphatic rings. The van der Waals surface area contributed by atoms with Gasteiger partial charge in [0.05, 0.1) is 5.92 Å². The molecule has 3 nitrogen and oxygen atoms in total. The van der Waals surface area contributed by atoms with Crippen molar-refractivity contribution in [1.82, 2.24) is 4.90 Å². The van der Waals surface area contributed by atoms with Gasteiger partial charge in [0.1, 0.15) is 0 Å². The summed E-state index contributed by atoms with van der Waals surface area (Å²) in [6.07, 6.45) is 0. The standard InChI is InChI=1S/C12H15NO2/c1-9-11(12(14)15)8-13(9)7-10-5-3-2-4-6-10/h2-6,9,11H,7-8H2,1H3,(H,14,15). The average molecular weight is 205 g/mol. The van der Waals surface area contributed by atoms with E-state index >= 15 is 0 Å². The smallest absolute Gasteiger partial charge is 0.309 e. The molecule has 0 bridgehead atoms. The Labute approximate surface area is 89.3 Å². The second-order valence-electron chi connectivity index (χ2n) is 4.10. The lowest BCUT2D eigenvalue weighted by Gasteiger charge is -2.44. The zero-order chi connectivity index (χ0) is 10.8. The third-order valence-corrected chi connectivity index (χ3v) is 3.14. The molecule has 1 heterocycles. The van der Waals surface area contributed by atoms with Crippen molar-refractivity contribution in [2.24, 2.45) is 5.92 Å². The van der Waals surface area contributed by atoms with Crippen LogP contribution in [-0.2, 0) is 11.3 Å². The van der Waals surface area contributed by atoms with Crippen molar-refractivity contribution < 1.29 is 9.90 Å². The third kappa shape index (κ3) is 2.02. The first-order valence-electron chi connectivity index (χ1n) is 5.19. The molecular formula is C12H15NO2. The summed E-state index contributed by atoms with van der Waals surface area (Å²) < 4.78 is 0. The molecule has 2 rings (SSSR count). The van der Waals surface area contributed by atoms with Gasteiger partial charge in [0.25, 0.3) is 0 Å². The quantitative estimate of drug-likeness (QED) is 0.814. The average Bonchev–Trinajstić information content (AvgIpc) is 2.24. The molecule has 1 N–H and O–H groups in total. The summed E-state index contributed by atoms with van der Waals surface area (Å²) in [4.78, 5) is 13.0. The molecule has 0 saturated carbocycles. The van der Waals surface area contributed by atoms with E-state index < -0.39 is 5.97 Å². The molecule has 1 aliphatic heterocycles. The molecule has 80 valence electrons. The van der Waals surface area contributed by atoms with Gasteiger partial charge in [-0.2, -0.15) is 0 Å². The van der Waals surface area contributed by atoms with Gasteiger partial charge in [0.2, 0.25) is 0 Å². The lowest BCUT2D eigenvalue weighted by molar-refractivity contribution is -0.152. The number of hydrogen-bond donors (Lipinski definition) is 1. The van der Waals surface area contributed by atoms with Crippen molar-refractivity contribution >= 4 is 5.97 Å². The summed E-state index contributed by atoms with van der Waals surface area (Å²) in [6, 6.07) is 10.3. The van der Waals surface area contributed by atoms with Crippen LogP contribution in [0, 0.1) is 5.92 Å². The predicted octanol–water partition coefficient (Wildman–Crippen LogP) is 1.59. The van der Waals surface area contributed by atoms with E-state index in [9.17, 15) is 4.79 Å². The van der Waals surface area contributed by atoms with Crippen molar-refractivity contribution in [3.63, 3.8) is 0 Å². The van der Waals surface area contributed by atoms with Crippen LogP contribution < -0.4 is 0 Å². The first-order chi connectivity index (χ1) is 7.18. The van der Waals surface area contributed by atoms with E-state index in [2.05, 4.69) is 17.0 Å². The molecule has 0 spiro atoms. The van der Waals surface area contributed by atoms with Crippen LogP contribution in [0.25, 0.3) is 0 Å². The number of aliphatic carboxylic acids is 1. The monoisotopic (exact) mass is 205 g/mol. The Morgan fingerprint density at radius 1 is 1.47 bits per heavy atom. The molecule has 15 heavy (non-hydrogen) atoms. The molecule has 1 aromatic rings. The van der Waals surface area contributed by atoms with Crippen molar-refractivity contribution in [3.8, 4) is 0 Å². The maximum atomic E-state index is 10.8. The molecule has 3 heteroatoms. The molecule has 2 atom stereocenters. The summed E-state index contributed by atoms with van der Waals surface area (Å²) in [7, 11) is 0. The minimum absolute atomic E-state index is 0.155. The summed E-state index contributed by atoms with van der Waals surface area (Å²) in [5.41, 5.74) is 1.24. The topological polar surface area (TPSA) is 40.5 Å². The zero-order valence-corrected chi connectivity index (χ0v) is 8.76. The maximum Gasteiger partial charge on any atom is 0.309 e. The summed E-state index contributed by atoms with van der Waals surface area (Å²) in [6.45, 7) is 3.50. The van der Waals surface area contributed by atoms with Gasteiger partial charge in [-0.15, -0.1) is 0 Å². The van der Waals surface area contributed by atoms with Gasteiger partial charge < -0.3 is 5.11 Å². The zero-order valence-electron chi connectivity index (χ0n) is 8.76. The number of carbonyl (C=O) groups is 1. The molecule has 1 fully saturated rings. The lowest BCUT2D eigenvalue weighted by atomic mass is 9.89. The number of likely N-dealkylation sites (tertiary alicyclic amines) is 1. The minimum Gasteiger partial charge on any atom is -0.481 e. The Balaban J connectivity index is 1.92. The summed E-state index contributed by atoms with van der Waals surface area (Å²) in [5.74, 6) is -0.861. The third-order valence-electron chi connectivity index (χ3n) is 3.14. The van der Waals surface area contributed by atoms with E-state index in [1.165, 1.54) is 5.56 Å². The molecule has 0 aromatic heterocycles. The van der Waals surface area contributed by atoms with Crippen LogP contribution >= 0.6 is 0 Å². The van der Waals surface area contributed by atoms with Crippen molar-refractivity contribution in [2.75, 3.05) is 6.54 Å². The van der Waals surface area contributed by atoms with E-state index in [1.807, 2.05) is 25.1 Å². The molecule has 0 amide bonds. The Bertz CT molecular complexity index is 350. The lowest BCUT2D eigenvalue weighted by Crippen LogP contribution is -2.56. The van der Waals surface area contributed by atoms with E-state index in [4.69, 9.17) is 5.11 Å². The van der Waals surface area contributed by atoms with E-state index in [1.54, 1.807) is 0 Å². The van der Waals surface area contributed by atoms with Gasteiger partial charge in [0.15, 0.2) is 0 Å². The molecule has 0 aliphatic carbocycles. The molecule has 2 unspecified atom stereocenters. The van der Waals surface area contributed by atoms with Crippen LogP contribution in [0.4, 0.5) is 0 Å². The Morgan fingerprint density at radius 2 is 2.13 bits per heavy atom. The summed E-state index contributed by atoms with van der Waals surface area (Å²) in [5, 5.41) is 8.86. The van der Waals surface area contributed by atoms with E-state index in [-0.39, 0.29) is 12.0 Å². The first-order valence-corrected chi connectivity index (χ1v) is 5.19. The van der Waals surface area contributed by atoms with Gasteiger partial charge in [0, 0.05) is 19.1 Å². The van der Waals surface area contributed by atoms with Crippen LogP contribution in [0.15, 0.2) is 30.3 Å². The van der Waals surface area contributed by atoms with Gasteiger partial charge >= 0.3 is 5.97 Å². The van der Waals surface area contributed by atoms with Gasteiger partial charge in [-0.25, -0.2) is 0 Å². The number of rotatable bonds is 3. The second kappa shape index (κ2) is 4.03. The number of benzene rings is 1. The van der Waals surface area contributed by atoms with Crippen LogP contribution in [0.3, 0.4) is 0 Å². The largest absolute Gasteiger partial charge is 0.481 e.